The van der Waals surface area contributed by atoms with Crippen molar-refractivity contribution in [3.63, 3.8) is 0 Å². The molecule has 124 valence electrons. The molecule has 7 heteroatoms. The van der Waals surface area contributed by atoms with Crippen molar-refractivity contribution >= 4 is 18.1 Å². The van der Waals surface area contributed by atoms with Crippen LogP contribution in [0.15, 0.2) is 53.6 Å². The van der Waals surface area contributed by atoms with Gasteiger partial charge >= 0.3 is 0 Å². The van der Waals surface area contributed by atoms with Crippen molar-refractivity contribution in [1.29, 1.82) is 0 Å². The first-order valence-corrected chi connectivity index (χ1v) is 6.98. The Morgan fingerprint density at radius 3 is 2.29 bits per heavy atom. The van der Waals surface area contributed by atoms with Gasteiger partial charge < -0.3 is 19.4 Å². The minimum Gasteiger partial charge on any atom is -0.546 e. The number of rotatable bonds is 7. The van der Waals surface area contributed by atoms with E-state index >= 15 is 0 Å². The Bertz CT molecular complexity index is 724. The van der Waals surface area contributed by atoms with Crippen LogP contribution >= 0.6 is 0 Å². The fraction of sp³-hybridized carbons (Fsp3) is 0.118. The minimum absolute atomic E-state index is 0.345. The largest absolute Gasteiger partial charge is 0.546 e. The number of ether oxygens (including phenoxy) is 2. The molecule has 0 bridgehead atoms. The van der Waals surface area contributed by atoms with Crippen LogP contribution in [0.4, 0.5) is 0 Å². The van der Waals surface area contributed by atoms with Crippen molar-refractivity contribution < 1.29 is 24.2 Å². The third-order valence-corrected chi connectivity index (χ3v) is 2.97. The maximum atomic E-state index is 11.9. The highest BCUT2D eigenvalue weighted by Crippen LogP contribution is 2.12. The summed E-state index contributed by atoms with van der Waals surface area (Å²) in [5.74, 6) is -0.570. The summed E-state index contributed by atoms with van der Waals surface area (Å²) in [7, 11) is 1.55. The van der Waals surface area contributed by atoms with E-state index in [1.54, 1.807) is 55.6 Å². The number of carboxylic acid groups (broad SMARTS) is 1. The molecule has 0 heterocycles. The molecule has 0 aliphatic rings. The highest BCUT2D eigenvalue weighted by atomic mass is 16.5. The smallest absolute Gasteiger partial charge is 0.271 e. The number of nitrogens with one attached hydrogen (secondary N) is 1. The van der Waals surface area contributed by atoms with E-state index in [4.69, 9.17) is 9.47 Å². The quantitative estimate of drug-likeness (QED) is 0.592. The van der Waals surface area contributed by atoms with Gasteiger partial charge in [0, 0.05) is 5.56 Å². The van der Waals surface area contributed by atoms with Crippen molar-refractivity contribution in [2.75, 3.05) is 13.7 Å². The molecule has 0 aromatic heterocycles. The van der Waals surface area contributed by atoms with Crippen LogP contribution in [0.5, 0.6) is 11.5 Å². The summed E-state index contributed by atoms with van der Waals surface area (Å²) in [6.07, 6.45) is 1.46. The van der Waals surface area contributed by atoms with Crippen LogP contribution in [-0.2, 0) is 4.79 Å². The number of methoxy groups -OCH3 is 1. The lowest BCUT2D eigenvalue weighted by Crippen LogP contribution is -2.28. The average Bonchev–Trinajstić information content (AvgIpc) is 2.61. The van der Waals surface area contributed by atoms with E-state index in [0.717, 1.165) is 0 Å². The molecule has 0 fully saturated rings. The van der Waals surface area contributed by atoms with Gasteiger partial charge in [-0.3, -0.25) is 4.79 Å². The van der Waals surface area contributed by atoms with Gasteiger partial charge in [-0.05, 0) is 54.1 Å². The number of hydrazone groups is 1. The molecule has 24 heavy (non-hydrogen) atoms. The molecule has 0 radical (unpaired) electrons. The lowest BCUT2D eigenvalue weighted by Gasteiger charge is -2.06. The fourth-order valence-corrected chi connectivity index (χ4v) is 1.76. The first-order valence-electron chi connectivity index (χ1n) is 6.98. The average molecular weight is 327 g/mol. The molecule has 7 nitrogen and oxygen atoms in total. The number of benzene rings is 2. The summed E-state index contributed by atoms with van der Waals surface area (Å²) in [5, 5.41) is 14.2. The predicted octanol–water partition coefficient (Wildman–Crippen LogP) is 0.588. The maximum Gasteiger partial charge on any atom is 0.271 e. The highest BCUT2D eigenvalue weighted by molar-refractivity contribution is 5.95. The molecule has 2 rings (SSSR count). The van der Waals surface area contributed by atoms with E-state index < -0.39 is 12.6 Å². The van der Waals surface area contributed by atoms with E-state index in [1.807, 2.05) is 0 Å². The molecule has 0 spiro atoms. The monoisotopic (exact) mass is 327 g/mol. The number of carbonyl (C=O) groups excluding carboxylic acids is 2. The van der Waals surface area contributed by atoms with E-state index in [2.05, 4.69) is 10.5 Å². The Balaban J connectivity index is 1.88. The molecule has 0 aliphatic heterocycles. The van der Waals surface area contributed by atoms with Crippen molar-refractivity contribution in [2.45, 2.75) is 0 Å². The summed E-state index contributed by atoms with van der Waals surface area (Å²) >= 11 is 0. The van der Waals surface area contributed by atoms with Gasteiger partial charge in [-0.15, -0.1) is 0 Å². The van der Waals surface area contributed by atoms with Crippen LogP contribution in [0.25, 0.3) is 0 Å². The van der Waals surface area contributed by atoms with Crippen molar-refractivity contribution in [3.05, 3.63) is 59.7 Å². The van der Waals surface area contributed by atoms with Gasteiger partial charge in [0.05, 0.1) is 19.3 Å². The highest BCUT2D eigenvalue weighted by Gasteiger charge is 2.03. The van der Waals surface area contributed by atoms with E-state index in [-0.39, 0.29) is 5.91 Å². The van der Waals surface area contributed by atoms with Crippen LogP contribution in [0.1, 0.15) is 15.9 Å². The second-order valence-electron chi connectivity index (χ2n) is 4.66. The van der Waals surface area contributed by atoms with Crippen LogP contribution in [0, 0.1) is 0 Å². The normalized spacial score (nSPS) is 10.4. The van der Waals surface area contributed by atoms with Gasteiger partial charge in [0.2, 0.25) is 0 Å². The Kier molecular flexibility index (Phi) is 5.90. The summed E-state index contributed by atoms with van der Waals surface area (Å²) in [6.45, 7) is -0.509. The third-order valence-electron chi connectivity index (χ3n) is 2.97. The molecule has 0 saturated carbocycles. The minimum atomic E-state index is -1.29. The van der Waals surface area contributed by atoms with Gasteiger partial charge in [0.15, 0.2) is 0 Å². The van der Waals surface area contributed by atoms with Gasteiger partial charge in [-0.25, -0.2) is 5.43 Å². The lowest BCUT2D eigenvalue weighted by atomic mass is 10.2. The van der Waals surface area contributed by atoms with E-state index in [9.17, 15) is 14.7 Å². The predicted molar refractivity (Wildman–Crippen MR) is 85.0 cm³/mol. The van der Waals surface area contributed by atoms with Crippen LogP contribution in [0.2, 0.25) is 0 Å². The number of amides is 1. The van der Waals surface area contributed by atoms with Crippen molar-refractivity contribution in [2.24, 2.45) is 5.10 Å². The summed E-state index contributed by atoms with van der Waals surface area (Å²) in [5.41, 5.74) is 3.58. The van der Waals surface area contributed by atoms with Crippen LogP contribution in [-0.4, -0.2) is 31.8 Å². The Morgan fingerprint density at radius 2 is 1.71 bits per heavy atom. The zero-order valence-electron chi connectivity index (χ0n) is 12.9. The first-order chi connectivity index (χ1) is 11.6. The summed E-state index contributed by atoms with van der Waals surface area (Å²) in [6, 6.07) is 13.2. The number of carbonyl (C=O) groups is 2. The summed E-state index contributed by atoms with van der Waals surface area (Å²) in [4.78, 5) is 22.2. The van der Waals surface area contributed by atoms with Crippen LogP contribution < -0.4 is 20.0 Å². The number of aliphatic carboxylic acids is 1. The Labute approximate surface area is 138 Å². The summed E-state index contributed by atoms with van der Waals surface area (Å²) < 4.78 is 9.98. The second kappa shape index (κ2) is 8.33. The molecule has 1 amide bonds. The van der Waals surface area contributed by atoms with Gasteiger partial charge in [0.1, 0.15) is 18.1 Å². The zero-order valence-corrected chi connectivity index (χ0v) is 12.9. The zero-order chi connectivity index (χ0) is 17.4. The van der Waals surface area contributed by atoms with Gasteiger partial charge in [-0.2, -0.15) is 5.10 Å². The molecule has 2 aromatic rings. The number of hydrogen-bond acceptors (Lipinski definition) is 6. The van der Waals surface area contributed by atoms with E-state index in [0.29, 0.717) is 22.6 Å². The molecule has 0 unspecified atom stereocenters. The number of hydrogen-bond donors (Lipinski definition) is 1. The standard InChI is InChI=1S/C17H16N2O5/c1-23-14-8-4-13(5-9-14)17(22)19-18-10-12-2-6-15(7-3-12)24-11-16(20)21/h2-10H,11H2,1H3,(H,19,22)(H,20,21)/p-1. The Hall–Kier alpha value is -3.35. The molecule has 2 aromatic carbocycles. The van der Waals surface area contributed by atoms with Crippen LogP contribution in [0.3, 0.4) is 0 Å². The second-order valence-corrected chi connectivity index (χ2v) is 4.66. The third kappa shape index (κ3) is 5.13. The molecular weight excluding hydrogens is 312 g/mol. The lowest BCUT2D eigenvalue weighted by molar-refractivity contribution is -0.307. The van der Waals surface area contributed by atoms with Crippen molar-refractivity contribution in [3.8, 4) is 11.5 Å². The van der Waals surface area contributed by atoms with Gasteiger partial charge in [-0.1, -0.05) is 0 Å². The topological polar surface area (TPSA) is 100 Å². The molecule has 0 aliphatic carbocycles. The number of nitrogens with zero attached hydrogens (tertiary/aromatic N) is 1. The maximum absolute atomic E-state index is 11.9. The van der Waals surface area contributed by atoms with Crippen molar-refractivity contribution in [1.82, 2.24) is 5.43 Å². The first kappa shape index (κ1) is 17.0. The fourth-order valence-electron chi connectivity index (χ4n) is 1.76. The molecule has 1 N–H and O–H groups in total. The van der Waals surface area contributed by atoms with E-state index in [1.165, 1.54) is 6.21 Å². The number of carboxylic acids is 1. The Morgan fingerprint density at radius 1 is 1.08 bits per heavy atom. The molecule has 0 saturated heterocycles. The van der Waals surface area contributed by atoms with Gasteiger partial charge in [0.25, 0.3) is 5.91 Å². The molecular formula is C17H15N2O5-. The molecule has 0 atom stereocenters. The SMILES string of the molecule is COc1ccc(C(=O)NN=Cc2ccc(OCC(=O)[O-])cc2)cc1.